The van der Waals surface area contributed by atoms with Crippen molar-refractivity contribution in [1.29, 1.82) is 0 Å². The maximum Gasteiger partial charge on any atom is 0.196 e. The molecule has 0 saturated carbocycles. The van der Waals surface area contributed by atoms with Crippen LogP contribution in [-0.2, 0) is 10.9 Å². The van der Waals surface area contributed by atoms with E-state index < -0.39 is 0 Å². The molecule has 0 amide bonds. The summed E-state index contributed by atoms with van der Waals surface area (Å²) in [6.07, 6.45) is 0. The Morgan fingerprint density at radius 3 is 1.86 bits per heavy atom. The second kappa shape index (κ2) is 9.74. The molecule has 168 valence electrons. The number of benzene rings is 5. The molecule has 1 nitrogen and oxygen atoms in total. The Hall–Kier alpha value is -3.31. The fourth-order valence-electron chi connectivity index (χ4n) is 4.14. The number of hydrogen-bond acceptors (Lipinski definition) is 3. The van der Waals surface area contributed by atoms with Crippen LogP contribution in [0.15, 0.2) is 157 Å². The summed E-state index contributed by atoms with van der Waals surface area (Å²) < 4.78 is 2.06. The lowest BCUT2D eigenvalue weighted by atomic mass is 10.2. The van der Waals surface area contributed by atoms with Gasteiger partial charge in [0.1, 0.15) is 0 Å². The van der Waals surface area contributed by atoms with Crippen LogP contribution in [0, 0.1) is 0 Å². The van der Waals surface area contributed by atoms with Crippen molar-refractivity contribution in [3.8, 4) is 0 Å². The van der Waals surface area contributed by atoms with E-state index in [9.17, 15) is 4.79 Å². The monoisotopic (exact) mass is 505 g/mol. The molecule has 0 aliphatic rings. The zero-order valence-electron chi connectivity index (χ0n) is 18.8. The van der Waals surface area contributed by atoms with E-state index in [0.717, 1.165) is 25.1 Å². The standard InChI is InChI=1S/C31H21OS3/c32-31-27-13-7-8-14-29(27)34-30-20-19-26(21-28(30)31)35(24-11-5-2-6-12-24)25-17-15-23(16-18-25)33-22-9-3-1-4-10-22/h1-21H/q+1. The first kappa shape index (κ1) is 22.2. The number of rotatable bonds is 5. The molecule has 0 N–H and O–H groups in total. The van der Waals surface area contributed by atoms with Gasteiger partial charge in [0.05, 0.1) is 10.9 Å². The average molecular weight is 506 g/mol. The van der Waals surface area contributed by atoms with Crippen LogP contribution in [0.4, 0.5) is 0 Å². The maximum atomic E-state index is 13.4. The lowest BCUT2D eigenvalue weighted by Gasteiger charge is -2.10. The Morgan fingerprint density at radius 2 is 1.09 bits per heavy atom. The van der Waals surface area contributed by atoms with Gasteiger partial charge in [-0.15, -0.1) is 11.3 Å². The molecule has 1 unspecified atom stereocenters. The SMILES string of the molecule is O=c1c2ccccc2sc2ccc([S+](c3ccccc3)c3ccc(Sc4ccccc4)cc3)cc12. The van der Waals surface area contributed by atoms with Crippen molar-refractivity contribution >= 4 is 54.2 Å². The Morgan fingerprint density at radius 1 is 0.514 bits per heavy atom. The van der Waals surface area contributed by atoms with Crippen LogP contribution in [0.2, 0.25) is 0 Å². The van der Waals surface area contributed by atoms with Crippen molar-refractivity contribution in [2.75, 3.05) is 0 Å². The van der Waals surface area contributed by atoms with Crippen molar-refractivity contribution in [3.63, 3.8) is 0 Å². The lowest BCUT2D eigenvalue weighted by Crippen LogP contribution is -2.07. The van der Waals surface area contributed by atoms with Crippen LogP contribution >= 0.6 is 23.1 Å². The molecular formula is C31H21OS3+. The van der Waals surface area contributed by atoms with Crippen molar-refractivity contribution in [1.82, 2.24) is 0 Å². The van der Waals surface area contributed by atoms with E-state index in [1.807, 2.05) is 30.3 Å². The van der Waals surface area contributed by atoms with Gasteiger partial charge in [0.2, 0.25) is 0 Å². The highest BCUT2D eigenvalue weighted by molar-refractivity contribution is 7.99. The van der Waals surface area contributed by atoms with Gasteiger partial charge >= 0.3 is 0 Å². The third kappa shape index (κ3) is 4.53. The van der Waals surface area contributed by atoms with Crippen molar-refractivity contribution in [2.45, 2.75) is 24.5 Å². The summed E-state index contributed by atoms with van der Waals surface area (Å²) in [5.41, 5.74) is 0.113. The van der Waals surface area contributed by atoms with Crippen LogP contribution < -0.4 is 5.43 Å². The summed E-state index contributed by atoms with van der Waals surface area (Å²) in [7, 11) is -0.311. The molecule has 0 radical (unpaired) electrons. The average Bonchev–Trinajstić information content (AvgIpc) is 2.91. The predicted molar refractivity (Wildman–Crippen MR) is 151 cm³/mol. The Bertz CT molecular complexity index is 1670. The van der Waals surface area contributed by atoms with Gasteiger partial charge < -0.3 is 0 Å². The predicted octanol–water partition coefficient (Wildman–Crippen LogP) is 8.66. The topological polar surface area (TPSA) is 17.1 Å². The van der Waals surface area contributed by atoms with Crippen molar-refractivity contribution < 1.29 is 0 Å². The second-order valence-electron chi connectivity index (χ2n) is 8.09. The first-order chi connectivity index (χ1) is 17.3. The highest BCUT2D eigenvalue weighted by Crippen LogP contribution is 2.36. The number of fused-ring (bicyclic) bond motifs is 2. The first-order valence-electron chi connectivity index (χ1n) is 11.3. The fraction of sp³-hybridized carbons (Fsp3) is 0. The molecule has 0 saturated heterocycles. The molecular weight excluding hydrogens is 485 g/mol. The molecule has 1 atom stereocenters. The smallest absolute Gasteiger partial charge is 0.196 e. The summed E-state index contributed by atoms with van der Waals surface area (Å²) >= 11 is 3.45. The summed E-state index contributed by atoms with van der Waals surface area (Å²) in [6.45, 7) is 0. The molecule has 0 fully saturated rings. The van der Waals surface area contributed by atoms with Gasteiger partial charge in [-0.25, -0.2) is 0 Å². The van der Waals surface area contributed by atoms with E-state index in [4.69, 9.17) is 0 Å². The molecule has 5 aromatic carbocycles. The van der Waals surface area contributed by atoms with E-state index in [-0.39, 0.29) is 16.3 Å². The highest BCUT2D eigenvalue weighted by Gasteiger charge is 2.29. The summed E-state index contributed by atoms with van der Waals surface area (Å²) in [6, 6.07) is 44.2. The van der Waals surface area contributed by atoms with Gasteiger partial charge in [0, 0.05) is 36.0 Å². The minimum Gasteiger partial charge on any atom is -0.288 e. The normalized spacial score (nSPS) is 12.1. The molecule has 1 heterocycles. The third-order valence-corrected chi connectivity index (χ3v) is 10.2. The lowest BCUT2D eigenvalue weighted by molar-refractivity contribution is 1.29. The van der Waals surface area contributed by atoms with Crippen LogP contribution in [-0.4, -0.2) is 0 Å². The van der Waals surface area contributed by atoms with Gasteiger partial charge in [-0.3, -0.25) is 4.79 Å². The second-order valence-corrected chi connectivity index (χ2v) is 12.3. The zero-order chi connectivity index (χ0) is 23.6. The molecule has 0 aliphatic carbocycles. The molecule has 6 aromatic rings. The van der Waals surface area contributed by atoms with E-state index >= 15 is 0 Å². The molecule has 4 heteroatoms. The van der Waals surface area contributed by atoms with Crippen LogP contribution in [0.25, 0.3) is 20.2 Å². The quantitative estimate of drug-likeness (QED) is 0.172. The minimum atomic E-state index is -0.311. The van der Waals surface area contributed by atoms with Crippen molar-refractivity contribution in [3.05, 3.63) is 138 Å². The third-order valence-electron chi connectivity index (χ3n) is 5.80. The number of hydrogen-bond donors (Lipinski definition) is 0. The van der Waals surface area contributed by atoms with Gasteiger partial charge in [0.15, 0.2) is 20.1 Å². The zero-order valence-corrected chi connectivity index (χ0v) is 21.2. The van der Waals surface area contributed by atoms with Crippen molar-refractivity contribution in [2.24, 2.45) is 0 Å². The van der Waals surface area contributed by atoms with Crippen LogP contribution in [0.3, 0.4) is 0 Å². The van der Waals surface area contributed by atoms with Gasteiger partial charge in [-0.1, -0.05) is 60.3 Å². The molecule has 6 rings (SSSR count). The summed E-state index contributed by atoms with van der Waals surface area (Å²) in [4.78, 5) is 19.4. The maximum absolute atomic E-state index is 13.4. The Balaban J connectivity index is 1.45. The molecule has 1 aromatic heterocycles. The first-order valence-corrected chi connectivity index (χ1v) is 14.2. The largest absolute Gasteiger partial charge is 0.288 e. The van der Waals surface area contributed by atoms with E-state index in [1.54, 1.807) is 23.1 Å². The fourth-order valence-corrected chi connectivity index (χ4v) is 8.13. The van der Waals surface area contributed by atoms with E-state index in [0.29, 0.717) is 0 Å². The summed E-state index contributed by atoms with van der Waals surface area (Å²) in [5, 5.41) is 1.60. The molecule has 0 aliphatic heterocycles. The Labute approximate surface area is 215 Å². The molecule has 35 heavy (non-hydrogen) atoms. The van der Waals surface area contributed by atoms with E-state index in [1.165, 1.54) is 19.6 Å². The summed E-state index contributed by atoms with van der Waals surface area (Å²) in [5.74, 6) is 0. The molecule has 0 bridgehead atoms. The van der Waals surface area contributed by atoms with Crippen LogP contribution in [0.1, 0.15) is 0 Å². The van der Waals surface area contributed by atoms with E-state index in [2.05, 4.69) is 97.1 Å². The van der Waals surface area contributed by atoms with Crippen LogP contribution in [0.5, 0.6) is 0 Å². The minimum absolute atomic E-state index is 0.113. The van der Waals surface area contributed by atoms with Gasteiger partial charge in [0.25, 0.3) is 0 Å². The highest BCUT2D eigenvalue weighted by atomic mass is 32.2. The van der Waals surface area contributed by atoms with Gasteiger partial charge in [-0.05, 0) is 72.8 Å². The van der Waals surface area contributed by atoms with Gasteiger partial charge in [-0.2, -0.15) is 0 Å². The Kier molecular flexibility index (Phi) is 6.17. The molecule has 0 spiro atoms.